The van der Waals surface area contributed by atoms with Gasteiger partial charge in [-0.2, -0.15) is 5.10 Å². The van der Waals surface area contributed by atoms with Crippen LogP contribution in [0.15, 0.2) is 24.5 Å². The Bertz CT molecular complexity index is 655. The summed E-state index contributed by atoms with van der Waals surface area (Å²) in [6.45, 7) is 2.16. The molecule has 0 saturated carbocycles. The Balaban J connectivity index is 1.89. The maximum absolute atomic E-state index is 13.2. The summed E-state index contributed by atoms with van der Waals surface area (Å²) < 4.78 is 27.9. The molecule has 2 aromatic rings. The number of anilines is 1. The van der Waals surface area contributed by atoms with Crippen LogP contribution >= 0.6 is 0 Å². The number of halogens is 2. The first kappa shape index (κ1) is 13.0. The van der Waals surface area contributed by atoms with Crippen LogP contribution in [0, 0.1) is 0 Å². The van der Waals surface area contributed by atoms with E-state index in [1.807, 2.05) is 17.0 Å². The van der Waals surface area contributed by atoms with E-state index in [-0.39, 0.29) is 18.6 Å². The highest BCUT2D eigenvalue weighted by Crippen LogP contribution is 2.30. The third-order valence-corrected chi connectivity index (χ3v) is 3.74. The number of aromatic nitrogens is 2. The topological polar surface area (TPSA) is 37.6 Å². The molecule has 0 amide bonds. The van der Waals surface area contributed by atoms with Gasteiger partial charge in [0.05, 0.1) is 29.2 Å². The second-order valence-electron chi connectivity index (χ2n) is 5.17. The lowest BCUT2D eigenvalue weighted by molar-refractivity contribution is -0.0220. The zero-order chi connectivity index (χ0) is 14.3. The zero-order valence-corrected chi connectivity index (χ0v) is 11.1. The van der Waals surface area contributed by atoms with Crippen LogP contribution in [0.5, 0.6) is 0 Å². The summed E-state index contributed by atoms with van der Waals surface area (Å²) in [5.41, 5.74) is 2.16. The number of pyridine rings is 1. The van der Waals surface area contributed by atoms with Crippen molar-refractivity contribution in [1.82, 2.24) is 9.61 Å². The SMILES string of the molecule is CC(=O)c1cnn2cc(N3CCC(F)(F)CC3)ccc12. The van der Waals surface area contributed by atoms with E-state index in [0.29, 0.717) is 18.7 Å². The highest BCUT2D eigenvalue weighted by atomic mass is 19.3. The minimum Gasteiger partial charge on any atom is -0.370 e. The zero-order valence-electron chi connectivity index (χ0n) is 11.1. The standard InChI is InChI=1S/C14H15F2N3O/c1-10(20)12-8-17-19-9-11(2-3-13(12)19)18-6-4-14(15,16)5-7-18/h2-3,8-9H,4-7H2,1H3. The van der Waals surface area contributed by atoms with Crippen LogP contribution in [-0.2, 0) is 0 Å². The molecule has 0 aromatic carbocycles. The maximum atomic E-state index is 13.2. The molecular formula is C14H15F2N3O. The largest absolute Gasteiger partial charge is 0.370 e. The predicted octanol–water partition coefficient (Wildman–Crippen LogP) is 2.77. The van der Waals surface area contributed by atoms with Gasteiger partial charge < -0.3 is 4.90 Å². The number of rotatable bonds is 2. The fraction of sp³-hybridized carbons (Fsp3) is 0.429. The van der Waals surface area contributed by atoms with Gasteiger partial charge in [0, 0.05) is 25.9 Å². The lowest BCUT2D eigenvalue weighted by Gasteiger charge is -2.33. The molecule has 1 fully saturated rings. The van der Waals surface area contributed by atoms with Crippen molar-refractivity contribution in [3.05, 3.63) is 30.1 Å². The summed E-state index contributed by atoms with van der Waals surface area (Å²) in [7, 11) is 0. The predicted molar refractivity (Wildman–Crippen MR) is 71.6 cm³/mol. The molecule has 0 N–H and O–H groups in total. The molecule has 1 saturated heterocycles. The number of hydrogen-bond acceptors (Lipinski definition) is 3. The molecule has 106 valence electrons. The number of Topliss-reactive ketones (excluding diaryl/α,β-unsaturated/α-hetero) is 1. The van der Waals surface area contributed by atoms with E-state index < -0.39 is 5.92 Å². The molecule has 1 aliphatic heterocycles. The molecule has 4 nitrogen and oxygen atoms in total. The molecule has 0 unspecified atom stereocenters. The average Bonchev–Trinajstić information content (AvgIpc) is 2.81. The van der Waals surface area contributed by atoms with Crippen LogP contribution in [0.25, 0.3) is 5.52 Å². The molecule has 0 bridgehead atoms. The van der Waals surface area contributed by atoms with Crippen molar-refractivity contribution in [2.24, 2.45) is 0 Å². The molecule has 2 aromatic heterocycles. The molecule has 1 aliphatic rings. The molecule has 6 heteroatoms. The first-order valence-electron chi connectivity index (χ1n) is 6.57. The number of carbonyl (C=O) groups is 1. The summed E-state index contributed by atoms with van der Waals surface area (Å²) in [5.74, 6) is -2.58. The molecule has 20 heavy (non-hydrogen) atoms. The Morgan fingerprint density at radius 1 is 1.30 bits per heavy atom. The smallest absolute Gasteiger partial charge is 0.251 e. The van der Waals surface area contributed by atoms with Crippen molar-refractivity contribution in [1.29, 1.82) is 0 Å². The van der Waals surface area contributed by atoms with Gasteiger partial charge in [0.25, 0.3) is 5.92 Å². The quantitative estimate of drug-likeness (QED) is 0.793. The third kappa shape index (κ3) is 2.26. The van der Waals surface area contributed by atoms with Gasteiger partial charge >= 0.3 is 0 Å². The Hall–Kier alpha value is -1.98. The van der Waals surface area contributed by atoms with E-state index >= 15 is 0 Å². The molecule has 3 heterocycles. The van der Waals surface area contributed by atoms with Crippen LogP contribution < -0.4 is 4.90 Å². The van der Waals surface area contributed by atoms with Gasteiger partial charge in [0.2, 0.25) is 0 Å². The van der Waals surface area contributed by atoms with E-state index in [0.717, 1.165) is 11.2 Å². The van der Waals surface area contributed by atoms with E-state index in [4.69, 9.17) is 0 Å². The first-order chi connectivity index (χ1) is 9.46. The van der Waals surface area contributed by atoms with Crippen molar-refractivity contribution in [2.45, 2.75) is 25.7 Å². The maximum Gasteiger partial charge on any atom is 0.251 e. The fourth-order valence-electron chi connectivity index (χ4n) is 2.52. The highest BCUT2D eigenvalue weighted by Gasteiger charge is 2.34. The van der Waals surface area contributed by atoms with Crippen molar-refractivity contribution in [2.75, 3.05) is 18.0 Å². The lowest BCUT2D eigenvalue weighted by Crippen LogP contribution is -2.39. The number of hydrogen-bond donors (Lipinski definition) is 0. The number of carbonyl (C=O) groups excluding carboxylic acids is 1. The number of ketones is 1. The van der Waals surface area contributed by atoms with Crippen molar-refractivity contribution >= 4 is 17.0 Å². The number of piperidine rings is 1. The molecule has 0 atom stereocenters. The van der Waals surface area contributed by atoms with Crippen molar-refractivity contribution < 1.29 is 13.6 Å². The van der Waals surface area contributed by atoms with E-state index in [9.17, 15) is 13.6 Å². The van der Waals surface area contributed by atoms with Gasteiger partial charge in [-0.1, -0.05) is 0 Å². The Labute approximate surface area is 115 Å². The summed E-state index contributed by atoms with van der Waals surface area (Å²) in [5, 5.41) is 4.15. The Kier molecular flexibility index (Phi) is 2.96. The van der Waals surface area contributed by atoms with Gasteiger partial charge in [-0.3, -0.25) is 4.79 Å². The molecular weight excluding hydrogens is 264 g/mol. The second kappa shape index (κ2) is 4.54. The molecule has 3 rings (SSSR count). The number of nitrogens with zero attached hydrogens (tertiary/aromatic N) is 3. The lowest BCUT2D eigenvalue weighted by atomic mass is 10.1. The Morgan fingerprint density at radius 3 is 2.65 bits per heavy atom. The Morgan fingerprint density at radius 2 is 2.00 bits per heavy atom. The number of alkyl halides is 2. The van der Waals surface area contributed by atoms with Gasteiger partial charge in [-0.05, 0) is 19.1 Å². The first-order valence-corrected chi connectivity index (χ1v) is 6.57. The summed E-state index contributed by atoms with van der Waals surface area (Å²) >= 11 is 0. The average molecular weight is 279 g/mol. The second-order valence-corrected chi connectivity index (χ2v) is 5.17. The van der Waals surface area contributed by atoms with Crippen LogP contribution in [0.2, 0.25) is 0 Å². The highest BCUT2D eigenvalue weighted by molar-refractivity contribution is 6.00. The molecule has 0 spiro atoms. The minimum atomic E-state index is -2.55. The third-order valence-electron chi connectivity index (χ3n) is 3.74. The van der Waals surface area contributed by atoms with Gasteiger partial charge in [0.1, 0.15) is 0 Å². The summed E-state index contributed by atoms with van der Waals surface area (Å²) in [6, 6.07) is 3.67. The van der Waals surface area contributed by atoms with Crippen molar-refractivity contribution in [3.8, 4) is 0 Å². The van der Waals surface area contributed by atoms with Crippen LogP contribution in [0.4, 0.5) is 14.5 Å². The minimum absolute atomic E-state index is 0.0367. The van der Waals surface area contributed by atoms with Crippen LogP contribution in [0.1, 0.15) is 30.1 Å². The van der Waals surface area contributed by atoms with Crippen LogP contribution in [0.3, 0.4) is 0 Å². The monoisotopic (exact) mass is 279 g/mol. The summed E-state index contributed by atoms with van der Waals surface area (Å²) in [4.78, 5) is 13.4. The fourth-order valence-corrected chi connectivity index (χ4v) is 2.52. The van der Waals surface area contributed by atoms with Gasteiger partial charge in [-0.15, -0.1) is 0 Å². The normalized spacial score (nSPS) is 18.4. The van der Waals surface area contributed by atoms with Crippen molar-refractivity contribution in [3.63, 3.8) is 0 Å². The van der Waals surface area contributed by atoms with Gasteiger partial charge in [-0.25, -0.2) is 13.3 Å². The summed E-state index contributed by atoms with van der Waals surface area (Å²) in [6.07, 6.45) is 3.07. The van der Waals surface area contributed by atoms with Crippen LogP contribution in [-0.4, -0.2) is 34.4 Å². The van der Waals surface area contributed by atoms with Gasteiger partial charge in [0.15, 0.2) is 5.78 Å². The van der Waals surface area contributed by atoms with E-state index in [1.54, 1.807) is 10.7 Å². The van der Waals surface area contributed by atoms with E-state index in [2.05, 4.69) is 5.10 Å². The molecule has 0 aliphatic carbocycles. The number of fused-ring (bicyclic) bond motifs is 1. The van der Waals surface area contributed by atoms with E-state index in [1.165, 1.54) is 13.1 Å². The molecule has 0 radical (unpaired) electrons.